The molecule has 0 radical (unpaired) electrons. The number of aliphatic hydroxyl groups excluding tert-OH is 2. The zero-order valence-electron chi connectivity index (χ0n) is 46.7. The molecule has 8 rings (SSSR count). The van der Waals surface area contributed by atoms with E-state index in [0.717, 1.165) is 89.9 Å². The van der Waals surface area contributed by atoms with Crippen molar-refractivity contribution in [1.82, 2.24) is 10.6 Å². The van der Waals surface area contributed by atoms with Crippen molar-refractivity contribution in [2.75, 3.05) is 24.6 Å². The summed E-state index contributed by atoms with van der Waals surface area (Å²) in [5, 5.41) is 29.1. The normalized spacial score (nSPS) is 41.6. The molecule has 0 bridgehead atoms. The largest absolute Gasteiger partial charge is 0.462 e. The first kappa shape index (κ1) is 59.7. The third-order valence-corrected chi connectivity index (χ3v) is 24.9. The second-order valence-electron chi connectivity index (χ2n) is 27.3. The van der Waals surface area contributed by atoms with Crippen molar-refractivity contribution in [3.8, 4) is 0 Å². The molecule has 16 nitrogen and oxygen atoms in total. The third kappa shape index (κ3) is 12.9. The van der Waals surface area contributed by atoms with E-state index in [-0.39, 0.29) is 107 Å². The standard InChI is InChI=1S/C58H96N2O14S2/c1-35(11-17-49(63)59-27-29-75(67,68)69)41-13-15-43-53-45(21-25-57(41,43)5)55(3)23-19-39(31-37(55)33-47(53)61)73-51(65)9-7-8-10-52(66)74-40-20-24-56(4)38(32-40)34-48(62)54-44-16-14-42(58(44,6)26-22-46(54)56)36(2)12-18-50(64)60-28-30-76(70,71)72/h35-48,53-54,61-62H,7-34H2,1-6H3,(H,59,63)(H,60,64)(H,67,68,69)(H,70,71,72)/t35-,36-,37?,38?,39+,40+,41-,42-,43-,44-,45-,46-,47+,48+,53?,54?,55+,56+,57-,58-/m1/s1. The van der Waals surface area contributed by atoms with Crippen LogP contribution in [-0.4, -0.2) is 109 Å². The maximum Gasteiger partial charge on any atom is 0.306 e. The highest BCUT2D eigenvalue weighted by molar-refractivity contribution is 7.86. The molecule has 8 saturated carbocycles. The maximum atomic E-state index is 13.2. The second kappa shape index (κ2) is 23.6. The van der Waals surface area contributed by atoms with Crippen LogP contribution in [-0.2, 0) is 48.9 Å². The molecule has 434 valence electrons. The molecule has 8 aliphatic carbocycles. The number of carbonyl (C=O) groups excluding carboxylic acids is 4. The van der Waals surface area contributed by atoms with E-state index in [0.29, 0.717) is 98.7 Å². The number of fused-ring (bicyclic) bond motifs is 10. The van der Waals surface area contributed by atoms with Crippen LogP contribution in [0.15, 0.2) is 0 Å². The minimum Gasteiger partial charge on any atom is -0.462 e. The highest BCUT2D eigenvalue weighted by Crippen LogP contribution is 2.70. The minimum atomic E-state index is -4.13. The third-order valence-electron chi connectivity index (χ3n) is 23.4. The number of esters is 2. The van der Waals surface area contributed by atoms with Gasteiger partial charge in [0.15, 0.2) is 0 Å². The summed E-state index contributed by atoms with van der Waals surface area (Å²) in [5.41, 5.74) is 0.290. The number of amides is 2. The zero-order chi connectivity index (χ0) is 55.2. The van der Waals surface area contributed by atoms with Crippen LogP contribution in [0.4, 0.5) is 0 Å². The predicted octanol–water partition coefficient (Wildman–Crippen LogP) is 8.47. The van der Waals surface area contributed by atoms with Crippen LogP contribution < -0.4 is 10.6 Å². The molecule has 8 aliphatic rings. The monoisotopic (exact) mass is 1110 g/mol. The van der Waals surface area contributed by atoms with Gasteiger partial charge in [-0.05, 0) is 221 Å². The topological polar surface area (TPSA) is 260 Å². The molecule has 76 heavy (non-hydrogen) atoms. The van der Waals surface area contributed by atoms with Gasteiger partial charge < -0.3 is 30.3 Å². The fourth-order valence-electron chi connectivity index (χ4n) is 19.5. The summed E-state index contributed by atoms with van der Waals surface area (Å²) >= 11 is 0. The smallest absolute Gasteiger partial charge is 0.306 e. The molecule has 6 N–H and O–H groups in total. The van der Waals surface area contributed by atoms with Crippen molar-refractivity contribution in [1.29, 1.82) is 0 Å². The van der Waals surface area contributed by atoms with Gasteiger partial charge in [0.1, 0.15) is 12.2 Å². The summed E-state index contributed by atoms with van der Waals surface area (Å²) in [6, 6.07) is 0. The van der Waals surface area contributed by atoms with E-state index in [1.165, 1.54) is 0 Å². The Morgan fingerprint density at radius 2 is 0.868 bits per heavy atom. The van der Waals surface area contributed by atoms with Gasteiger partial charge in [-0.25, -0.2) is 0 Å². The van der Waals surface area contributed by atoms with Crippen LogP contribution in [0.1, 0.15) is 196 Å². The van der Waals surface area contributed by atoms with Gasteiger partial charge in [0.2, 0.25) is 11.8 Å². The molecule has 0 aromatic rings. The Balaban J connectivity index is 0.733. The number of unbranched alkanes of at least 4 members (excludes halogenated alkanes) is 1. The number of hydrogen-bond acceptors (Lipinski definition) is 12. The Morgan fingerprint density at radius 1 is 0.513 bits per heavy atom. The van der Waals surface area contributed by atoms with Crippen LogP contribution >= 0.6 is 0 Å². The van der Waals surface area contributed by atoms with Gasteiger partial charge in [-0.3, -0.25) is 28.3 Å². The van der Waals surface area contributed by atoms with Gasteiger partial charge in [0, 0.05) is 38.8 Å². The van der Waals surface area contributed by atoms with E-state index in [1.54, 1.807) is 0 Å². The Bertz CT molecular complexity index is 2160. The van der Waals surface area contributed by atoms with Crippen molar-refractivity contribution in [2.24, 2.45) is 92.7 Å². The maximum absolute atomic E-state index is 13.2. The molecule has 0 aliphatic heterocycles. The number of carbonyl (C=O) groups is 4. The Morgan fingerprint density at radius 3 is 1.24 bits per heavy atom. The van der Waals surface area contributed by atoms with E-state index in [4.69, 9.17) is 18.6 Å². The fraction of sp³-hybridized carbons (Fsp3) is 0.931. The SMILES string of the molecule is C[C@H](CCC(=O)NCCS(=O)(=O)O)[C@H]1CC[C@@H]2C3[C@@H](CC[C@@]21C)[C@@]1(C)CC[C@H](OC(=O)CCCCC(=O)O[C@H]2CC[C@@]4(C)C(C2)C[C@H](O)C2[C@H]5CC[C@H]([C@H](C)CCC(=O)NCCS(=O)(=O)O)[C@@]5(C)CC[C@H]24)CC1C[C@@H]3O. The summed E-state index contributed by atoms with van der Waals surface area (Å²) < 4.78 is 74.4. The highest BCUT2D eigenvalue weighted by Gasteiger charge is 2.65. The number of aliphatic hydroxyl groups is 2. The zero-order valence-corrected chi connectivity index (χ0v) is 48.4. The Labute approximate surface area is 454 Å². The lowest BCUT2D eigenvalue weighted by Crippen LogP contribution is -2.58. The first-order valence-corrected chi connectivity index (χ1v) is 33.1. The first-order valence-electron chi connectivity index (χ1n) is 29.8. The Hall–Kier alpha value is -2.38. The lowest BCUT2D eigenvalue weighted by Gasteiger charge is -2.62. The lowest BCUT2D eigenvalue weighted by molar-refractivity contribution is -0.183. The molecule has 8 fully saturated rings. The van der Waals surface area contributed by atoms with Crippen molar-refractivity contribution < 1.29 is 64.8 Å². The van der Waals surface area contributed by atoms with E-state index in [2.05, 4.69) is 52.2 Å². The van der Waals surface area contributed by atoms with Crippen LogP contribution in [0.25, 0.3) is 0 Å². The summed E-state index contributed by atoms with van der Waals surface area (Å²) in [7, 11) is -8.25. The van der Waals surface area contributed by atoms with E-state index >= 15 is 0 Å². The molecule has 18 heteroatoms. The lowest BCUT2D eigenvalue weighted by atomic mass is 9.43. The molecule has 0 aromatic heterocycles. The summed E-state index contributed by atoms with van der Waals surface area (Å²) in [5.74, 6) is 2.27. The van der Waals surface area contributed by atoms with Crippen molar-refractivity contribution >= 4 is 44.0 Å². The average molecular weight is 1110 g/mol. The van der Waals surface area contributed by atoms with E-state index in [1.807, 2.05) is 0 Å². The summed E-state index contributed by atoms with van der Waals surface area (Å²) in [4.78, 5) is 51.5. The Kier molecular flexibility index (Phi) is 18.6. The molecular formula is C58H96N2O14S2. The second-order valence-corrected chi connectivity index (χ2v) is 30.5. The van der Waals surface area contributed by atoms with Crippen molar-refractivity contribution in [3.63, 3.8) is 0 Å². The van der Waals surface area contributed by atoms with Gasteiger partial charge in [0.25, 0.3) is 20.2 Å². The highest BCUT2D eigenvalue weighted by atomic mass is 32.2. The molecule has 2 amide bonds. The average Bonchev–Trinajstić information content (AvgIpc) is 3.92. The molecule has 0 spiro atoms. The van der Waals surface area contributed by atoms with Gasteiger partial charge in [-0.2, -0.15) is 16.8 Å². The van der Waals surface area contributed by atoms with Crippen LogP contribution in [0.5, 0.6) is 0 Å². The molecule has 0 heterocycles. The van der Waals surface area contributed by atoms with Crippen molar-refractivity contribution in [3.05, 3.63) is 0 Å². The number of rotatable bonds is 21. The van der Waals surface area contributed by atoms with Crippen LogP contribution in [0.2, 0.25) is 0 Å². The summed E-state index contributed by atoms with van der Waals surface area (Å²) in [6.07, 6.45) is 17.6. The van der Waals surface area contributed by atoms with Crippen LogP contribution in [0.3, 0.4) is 0 Å². The van der Waals surface area contributed by atoms with Crippen LogP contribution in [0, 0.1) is 92.7 Å². The van der Waals surface area contributed by atoms with Gasteiger partial charge >= 0.3 is 11.9 Å². The summed E-state index contributed by atoms with van der Waals surface area (Å²) in [6.45, 7) is 13.9. The number of nitrogens with one attached hydrogen (secondary N) is 2. The van der Waals surface area contributed by atoms with Gasteiger partial charge in [-0.1, -0.05) is 41.5 Å². The molecule has 0 saturated heterocycles. The number of hydrogen-bond donors (Lipinski definition) is 6. The van der Waals surface area contributed by atoms with Gasteiger partial charge in [-0.15, -0.1) is 0 Å². The van der Waals surface area contributed by atoms with Crippen molar-refractivity contribution in [2.45, 2.75) is 220 Å². The quantitative estimate of drug-likeness (QED) is 0.0358. The molecule has 4 unspecified atom stereocenters. The minimum absolute atomic E-state index is 0.0677. The molecule has 20 atom stereocenters. The molecule has 0 aromatic carbocycles. The predicted molar refractivity (Wildman–Crippen MR) is 287 cm³/mol. The molecular weight excluding hydrogens is 1010 g/mol. The van der Waals surface area contributed by atoms with E-state index < -0.39 is 43.9 Å². The fourth-order valence-corrected chi connectivity index (χ4v) is 20.2. The first-order chi connectivity index (χ1) is 35.6. The number of ether oxygens (including phenoxy) is 2. The van der Waals surface area contributed by atoms with E-state index in [9.17, 15) is 46.2 Å². The van der Waals surface area contributed by atoms with Gasteiger partial charge in [0.05, 0.1) is 23.7 Å².